The van der Waals surface area contributed by atoms with Crippen molar-refractivity contribution in [2.75, 3.05) is 0 Å². The van der Waals surface area contributed by atoms with E-state index in [-0.39, 0.29) is 5.41 Å². The van der Waals surface area contributed by atoms with Crippen LogP contribution in [0.25, 0.3) is 0 Å². The first-order valence-electron chi connectivity index (χ1n) is 4.91. The fourth-order valence-electron chi connectivity index (χ4n) is 2.15. The highest BCUT2D eigenvalue weighted by Gasteiger charge is 2.39. The van der Waals surface area contributed by atoms with Gasteiger partial charge in [0, 0.05) is 25.3 Å². The molecule has 0 amide bonds. The quantitative estimate of drug-likeness (QED) is 0.671. The maximum absolute atomic E-state index is 11.3. The molecular weight excluding hydrogens is 178 g/mol. The van der Waals surface area contributed by atoms with Crippen LogP contribution < -0.4 is 0 Å². The van der Waals surface area contributed by atoms with Crippen LogP contribution in [0.5, 0.6) is 0 Å². The van der Waals surface area contributed by atoms with E-state index in [0.717, 1.165) is 18.1 Å². The van der Waals surface area contributed by atoms with Gasteiger partial charge in [-0.05, 0) is 13.3 Å². The Kier molecular flexibility index (Phi) is 1.94. The summed E-state index contributed by atoms with van der Waals surface area (Å²) < 4.78 is 1.98. The van der Waals surface area contributed by atoms with E-state index >= 15 is 0 Å². The number of nitrogens with zero attached hydrogens (tertiary/aromatic N) is 3. The van der Waals surface area contributed by atoms with Crippen molar-refractivity contribution in [3.05, 3.63) is 11.6 Å². The number of Topliss-reactive ketones (excluding diaryl/α,β-unsaturated/α-hetero) is 1. The molecule has 1 unspecified atom stereocenters. The van der Waals surface area contributed by atoms with Gasteiger partial charge in [0.2, 0.25) is 0 Å². The molecule has 0 N–H and O–H groups in total. The Morgan fingerprint density at radius 3 is 2.57 bits per heavy atom. The minimum atomic E-state index is -0.0902. The summed E-state index contributed by atoms with van der Waals surface area (Å²) in [6, 6.07) is 0. The summed E-state index contributed by atoms with van der Waals surface area (Å²) in [4.78, 5) is 11.3. The van der Waals surface area contributed by atoms with E-state index in [2.05, 4.69) is 17.1 Å². The molecule has 1 atom stereocenters. The molecule has 1 aliphatic rings. The summed E-state index contributed by atoms with van der Waals surface area (Å²) in [6.07, 6.45) is 2.19. The summed E-state index contributed by atoms with van der Waals surface area (Å²) >= 11 is 0. The van der Waals surface area contributed by atoms with Crippen molar-refractivity contribution >= 4 is 5.78 Å². The SMILES string of the molecule is Cc1nnc(C2(C)CCC(=O)C2)n1C. The van der Waals surface area contributed by atoms with Crippen LogP contribution in [0.15, 0.2) is 0 Å². The van der Waals surface area contributed by atoms with Gasteiger partial charge in [0.1, 0.15) is 17.4 Å². The lowest BCUT2D eigenvalue weighted by molar-refractivity contribution is -0.117. The number of rotatable bonds is 1. The number of hydrogen-bond acceptors (Lipinski definition) is 3. The maximum Gasteiger partial charge on any atom is 0.139 e. The third-order valence-corrected chi connectivity index (χ3v) is 3.18. The Morgan fingerprint density at radius 2 is 2.14 bits per heavy atom. The van der Waals surface area contributed by atoms with Gasteiger partial charge in [0.05, 0.1) is 0 Å². The molecule has 1 aliphatic carbocycles. The second-order valence-corrected chi connectivity index (χ2v) is 4.41. The zero-order valence-corrected chi connectivity index (χ0v) is 8.87. The average molecular weight is 193 g/mol. The summed E-state index contributed by atoms with van der Waals surface area (Å²) in [5.74, 6) is 2.19. The van der Waals surface area contributed by atoms with Crippen LogP contribution in [0.1, 0.15) is 37.8 Å². The Bertz CT molecular complexity index is 383. The van der Waals surface area contributed by atoms with Crippen LogP contribution in [0.2, 0.25) is 0 Å². The lowest BCUT2D eigenvalue weighted by Gasteiger charge is -2.20. The second-order valence-electron chi connectivity index (χ2n) is 4.41. The van der Waals surface area contributed by atoms with Gasteiger partial charge in [-0.1, -0.05) is 6.92 Å². The van der Waals surface area contributed by atoms with Gasteiger partial charge in [-0.3, -0.25) is 4.79 Å². The highest BCUT2D eigenvalue weighted by atomic mass is 16.1. The molecule has 1 aromatic heterocycles. The van der Waals surface area contributed by atoms with Crippen molar-refractivity contribution < 1.29 is 4.79 Å². The number of ketones is 1. The molecule has 0 aromatic carbocycles. The van der Waals surface area contributed by atoms with Crippen molar-refractivity contribution in [2.45, 2.75) is 38.5 Å². The third-order valence-electron chi connectivity index (χ3n) is 3.18. The van der Waals surface area contributed by atoms with E-state index in [4.69, 9.17) is 0 Å². The van der Waals surface area contributed by atoms with E-state index in [1.165, 1.54) is 0 Å². The third kappa shape index (κ3) is 1.25. The van der Waals surface area contributed by atoms with E-state index in [1.807, 2.05) is 18.5 Å². The molecule has 0 bridgehead atoms. The van der Waals surface area contributed by atoms with Crippen LogP contribution in [0, 0.1) is 6.92 Å². The maximum atomic E-state index is 11.3. The van der Waals surface area contributed by atoms with Gasteiger partial charge < -0.3 is 4.57 Å². The van der Waals surface area contributed by atoms with Crippen LogP contribution in [0.4, 0.5) is 0 Å². The van der Waals surface area contributed by atoms with Crippen LogP contribution in [-0.2, 0) is 17.3 Å². The first kappa shape index (κ1) is 9.37. The zero-order valence-electron chi connectivity index (χ0n) is 8.87. The topological polar surface area (TPSA) is 47.8 Å². The zero-order chi connectivity index (χ0) is 10.3. The number of carbonyl (C=O) groups is 1. The summed E-state index contributed by atoms with van der Waals surface area (Å²) in [7, 11) is 1.96. The van der Waals surface area contributed by atoms with Gasteiger partial charge >= 0.3 is 0 Å². The van der Waals surface area contributed by atoms with E-state index in [9.17, 15) is 4.79 Å². The molecule has 0 aliphatic heterocycles. The molecule has 1 aromatic rings. The van der Waals surface area contributed by atoms with Crippen LogP contribution in [0.3, 0.4) is 0 Å². The number of aryl methyl sites for hydroxylation is 1. The monoisotopic (exact) mass is 193 g/mol. The first-order valence-corrected chi connectivity index (χ1v) is 4.91. The summed E-state index contributed by atoms with van der Waals surface area (Å²) in [6.45, 7) is 4.03. The second kappa shape index (κ2) is 2.90. The molecule has 76 valence electrons. The van der Waals surface area contributed by atoms with Crippen LogP contribution in [-0.4, -0.2) is 20.5 Å². The molecule has 14 heavy (non-hydrogen) atoms. The van der Waals surface area contributed by atoms with Crippen molar-refractivity contribution in [3.63, 3.8) is 0 Å². The number of hydrogen-bond donors (Lipinski definition) is 0. The molecule has 4 heteroatoms. The minimum Gasteiger partial charge on any atom is -0.318 e. The van der Waals surface area contributed by atoms with E-state index in [0.29, 0.717) is 18.6 Å². The van der Waals surface area contributed by atoms with Crippen molar-refractivity contribution in [1.82, 2.24) is 14.8 Å². The van der Waals surface area contributed by atoms with Gasteiger partial charge in [0.15, 0.2) is 0 Å². The van der Waals surface area contributed by atoms with Crippen molar-refractivity contribution in [1.29, 1.82) is 0 Å². The Balaban J connectivity index is 2.39. The standard InChI is InChI=1S/C10H15N3O/c1-7-11-12-9(13(7)3)10(2)5-4-8(14)6-10/h4-6H2,1-3H3. The summed E-state index contributed by atoms with van der Waals surface area (Å²) in [5, 5.41) is 8.20. The van der Waals surface area contributed by atoms with Gasteiger partial charge in [-0.2, -0.15) is 0 Å². The Hall–Kier alpha value is -1.19. The Labute approximate surface area is 83.3 Å². The van der Waals surface area contributed by atoms with E-state index < -0.39 is 0 Å². The largest absolute Gasteiger partial charge is 0.318 e. The number of carbonyl (C=O) groups excluding carboxylic acids is 1. The molecule has 1 heterocycles. The molecule has 0 saturated heterocycles. The van der Waals surface area contributed by atoms with Gasteiger partial charge in [-0.25, -0.2) is 0 Å². The summed E-state index contributed by atoms with van der Waals surface area (Å²) in [5.41, 5.74) is -0.0902. The predicted molar refractivity (Wildman–Crippen MR) is 52.0 cm³/mol. The highest BCUT2D eigenvalue weighted by molar-refractivity contribution is 5.82. The van der Waals surface area contributed by atoms with Crippen molar-refractivity contribution in [3.8, 4) is 0 Å². The van der Waals surface area contributed by atoms with Crippen molar-refractivity contribution in [2.24, 2.45) is 7.05 Å². The molecular formula is C10H15N3O. The van der Waals surface area contributed by atoms with Crippen LogP contribution >= 0.6 is 0 Å². The lowest BCUT2D eigenvalue weighted by atomic mass is 9.88. The predicted octanol–water partition coefficient (Wildman–Crippen LogP) is 1.13. The van der Waals surface area contributed by atoms with Gasteiger partial charge in [0.25, 0.3) is 0 Å². The first-order chi connectivity index (χ1) is 6.53. The minimum absolute atomic E-state index is 0.0902. The van der Waals surface area contributed by atoms with Gasteiger partial charge in [-0.15, -0.1) is 10.2 Å². The molecule has 0 spiro atoms. The fraction of sp³-hybridized carbons (Fsp3) is 0.700. The van der Waals surface area contributed by atoms with E-state index in [1.54, 1.807) is 0 Å². The Morgan fingerprint density at radius 1 is 1.43 bits per heavy atom. The lowest BCUT2D eigenvalue weighted by Crippen LogP contribution is -2.23. The molecule has 1 saturated carbocycles. The fourth-order valence-corrected chi connectivity index (χ4v) is 2.15. The average Bonchev–Trinajstić information content (AvgIpc) is 2.60. The smallest absolute Gasteiger partial charge is 0.139 e. The molecule has 0 radical (unpaired) electrons. The molecule has 1 fully saturated rings. The number of aromatic nitrogens is 3. The normalized spacial score (nSPS) is 27.2. The molecule has 4 nitrogen and oxygen atoms in total. The molecule has 2 rings (SSSR count). The highest BCUT2D eigenvalue weighted by Crippen LogP contribution is 2.37.